The van der Waals surface area contributed by atoms with Gasteiger partial charge in [-0.15, -0.1) is 6.58 Å². The van der Waals surface area contributed by atoms with Crippen LogP contribution in [0, 0.1) is 22.7 Å². The zero-order valence-corrected chi connectivity index (χ0v) is 37.4. The maximum absolute atomic E-state index is 11.5. The molecule has 0 unspecified atom stereocenters. The maximum Gasteiger partial charge on any atom is 0.187 e. The zero-order chi connectivity index (χ0) is 46.7. The molecule has 364 valence electrons. The minimum Gasteiger partial charge on any atom is -0.394 e. The van der Waals surface area contributed by atoms with Gasteiger partial charge in [0.25, 0.3) is 0 Å². The van der Waals surface area contributed by atoms with Gasteiger partial charge in [-0.1, -0.05) is 39.0 Å². The Balaban J connectivity index is 1.17. The molecule has 2 saturated carbocycles. The molecular weight excluding hydrogens is 832 g/mol. The zero-order valence-electron chi connectivity index (χ0n) is 37.4. The second kappa shape index (κ2) is 19.7. The van der Waals surface area contributed by atoms with Crippen LogP contribution in [0.15, 0.2) is 24.8 Å². The van der Waals surface area contributed by atoms with Gasteiger partial charge in [0.15, 0.2) is 25.2 Å². The van der Waals surface area contributed by atoms with E-state index in [1.165, 1.54) is 13.8 Å². The van der Waals surface area contributed by atoms with Crippen LogP contribution in [0.25, 0.3) is 0 Å². The summed E-state index contributed by atoms with van der Waals surface area (Å²) in [5, 5.41) is 118. The number of allylic oxidation sites excluding steroid dienone is 1. The van der Waals surface area contributed by atoms with Crippen LogP contribution in [0.2, 0.25) is 0 Å². The van der Waals surface area contributed by atoms with E-state index >= 15 is 0 Å². The van der Waals surface area contributed by atoms with Gasteiger partial charge in [0.05, 0.1) is 36.6 Å². The standard InChI is InChI=1S/C44H74O19/c1-10-43(8,63-40-34(54)31(51)27(47)20(4)58-40)15-13-22-18(2)11-12-24-42(6,7)25(14-16-44(22,24)9)60-41-37(32(52)29(49)23(17-45)59-41)62-39-35(55)36(28(48)21(5)57-39)61-38-33(53)30(50)26(46)19(3)56-38/h10,19-41,45-55H,1-2,11-17H2,3-9H3/t19-,20-,21-,22-,23+,24-,25-,26+,27-,28-,29+,30+,31+,32-,33-,34+,35+,36+,37+,38-,39-,40-,41-,43-,44+/m0/s1. The maximum atomic E-state index is 11.5. The normalized spacial score (nSPS) is 51.5. The molecular formula is C44H74O19. The number of aliphatic hydroxyl groups is 11. The lowest BCUT2D eigenvalue weighted by molar-refractivity contribution is -0.388. The van der Waals surface area contributed by atoms with Crippen molar-refractivity contribution in [2.75, 3.05) is 6.61 Å². The lowest BCUT2D eigenvalue weighted by Crippen LogP contribution is -2.66. The topological polar surface area (TPSA) is 296 Å². The summed E-state index contributed by atoms with van der Waals surface area (Å²) in [5.41, 5.74) is -0.669. The van der Waals surface area contributed by atoms with E-state index in [0.29, 0.717) is 25.7 Å². The summed E-state index contributed by atoms with van der Waals surface area (Å²) in [4.78, 5) is 0. The number of rotatable bonds is 13. The van der Waals surface area contributed by atoms with Crippen LogP contribution in [0.3, 0.4) is 0 Å². The molecule has 4 saturated heterocycles. The second-order valence-electron chi connectivity index (χ2n) is 19.9. The highest BCUT2D eigenvalue weighted by Gasteiger charge is 2.59. The van der Waals surface area contributed by atoms with Crippen molar-refractivity contribution in [2.24, 2.45) is 22.7 Å². The van der Waals surface area contributed by atoms with Gasteiger partial charge in [-0.2, -0.15) is 0 Å². The molecule has 4 heterocycles. The van der Waals surface area contributed by atoms with Crippen LogP contribution in [0.1, 0.15) is 87.0 Å². The van der Waals surface area contributed by atoms with Gasteiger partial charge in [-0.25, -0.2) is 0 Å². The average molecular weight is 907 g/mol. The number of aliphatic hydroxyl groups excluding tert-OH is 11. The molecule has 11 N–H and O–H groups in total. The van der Waals surface area contributed by atoms with Crippen LogP contribution < -0.4 is 0 Å². The minimum absolute atomic E-state index is 0.0368. The lowest BCUT2D eigenvalue weighted by Gasteiger charge is -2.61. The van der Waals surface area contributed by atoms with E-state index < -0.39 is 147 Å². The van der Waals surface area contributed by atoms with Crippen molar-refractivity contribution in [1.82, 2.24) is 0 Å². The highest BCUT2D eigenvalue weighted by molar-refractivity contribution is 5.18. The van der Waals surface area contributed by atoms with Crippen LogP contribution in [0.4, 0.5) is 0 Å². The molecule has 63 heavy (non-hydrogen) atoms. The van der Waals surface area contributed by atoms with Crippen molar-refractivity contribution in [2.45, 2.75) is 222 Å². The Morgan fingerprint density at radius 1 is 0.651 bits per heavy atom. The molecule has 6 aliphatic rings. The van der Waals surface area contributed by atoms with E-state index in [-0.39, 0.29) is 17.3 Å². The number of ether oxygens (including phenoxy) is 8. The van der Waals surface area contributed by atoms with Gasteiger partial charge in [-0.3, -0.25) is 0 Å². The van der Waals surface area contributed by atoms with E-state index in [1.54, 1.807) is 13.0 Å². The highest BCUT2D eigenvalue weighted by atomic mass is 16.8. The Kier molecular flexibility index (Phi) is 16.0. The SMILES string of the molecule is C=C[C@@](C)(CC[C@H]1C(=C)CC[C@H]2C(C)(C)[C@@H](O[C@@H]3O[C@H](CO)[C@@H](O)[C@H](O)[C@H]3O[C@@H]3O[C@@H](C)[C@H](O)[C@@H](O[C@@H]4O[C@@H](C)[C@@H](O)[C@@H](O)[C@@H]4O)[C@H]3O)CC[C@]12C)O[C@@H]1O[C@@H](C)[C@H](O)[C@@H](O)[C@H]1O. The van der Waals surface area contributed by atoms with Crippen molar-refractivity contribution in [3.05, 3.63) is 24.8 Å². The fourth-order valence-corrected chi connectivity index (χ4v) is 11.1. The summed E-state index contributed by atoms with van der Waals surface area (Å²) in [6.45, 7) is 20.7. The average Bonchev–Trinajstić information content (AvgIpc) is 3.23. The molecule has 0 aromatic carbocycles. The number of hydrogen-bond donors (Lipinski definition) is 11. The first-order chi connectivity index (χ1) is 29.4. The largest absolute Gasteiger partial charge is 0.394 e. The van der Waals surface area contributed by atoms with Crippen molar-refractivity contribution in [1.29, 1.82) is 0 Å². The predicted molar refractivity (Wildman–Crippen MR) is 219 cm³/mol. The van der Waals surface area contributed by atoms with E-state index in [9.17, 15) is 56.2 Å². The summed E-state index contributed by atoms with van der Waals surface area (Å²) in [6, 6.07) is 0. The summed E-state index contributed by atoms with van der Waals surface area (Å²) >= 11 is 0. The fraction of sp³-hybridized carbons (Fsp3) is 0.909. The first kappa shape index (κ1) is 51.1. The van der Waals surface area contributed by atoms with E-state index in [1.807, 2.05) is 6.92 Å². The molecule has 25 atom stereocenters. The van der Waals surface area contributed by atoms with Crippen molar-refractivity contribution < 1.29 is 94.1 Å². The third-order valence-electron chi connectivity index (χ3n) is 15.4. The van der Waals surface area contributed by atoms with Crippen molar-refractivity contribution in [3.8, 4) is 0 Å². The van der Waals surface area contributed by atoms with Crippen LogP contribution >= 0.6 is 0 Å². The monoisotopic (exact) mass is 906 g/mol. The van der Waals surface area contributed by atoms with Crippen LogP contribution in [-0.2, 0) is 37.9 Å². The summed E-state index contributed by atoms with van der Waals surface area (Å²) in [6.07, 6.45) is -23.4. The van der Waals surface area contributed by atoms with Crippen LogP contribution in [0.5, 0.6) is 0 Å². The Morgan fingerprint density at radius 3 is 1.78 bits per heavy atom. The third-order valence-corrected chi connectivity index (χ3v) is 15.4. The summed E-state index contributed by atoms with van der Waals surface area (Å²) < 4.78 is 48.3. The van der Waals surface area contributed by atoms with E-state index in [2.05, 4.69) is 33.9 Å². The van der Waals surface area contributed by atoms with Gasteiger partial charge in [-0.05, 0) is 88.9 Å². The fourth-order valence-electron chi connectivity index (χ4n) is 11.1. The van der Waals surface area contributed by atoms with Crippen molar-refractivity contribution >= 4 is 0 Å². The molecule has 6 fully saturated rings. The Labute approximate surface area is 369 Å². The molecule has 0 aromatic rings. The molecule has 0 bridgehead atoms. The number of fused-ring (bicyclic) bond motifs is 1. The van der Waals surface area contributed by atoms with Gasteiger partial charge in [0.1, 0.15) is 79.4 Å². The van der Waals surface area contributed by atoms with Gasteiger partial charge >= 0.3 is 0 Å². The smallest absolute Gasteiger partial charge is 0.187 e. The lowest BCUT2D eigenvalue weighted by atomic mass is 9.46. The van der Waals surface area contributed by atoms with E-state index in [4.69, 9.17) is 37.9 Å². The Bertz CT molecular complexity index is 1550. The molecule has 2 aliphatic carbocycles. The molecule has 19 heteroatoms. The van der Waals surface area contributed by atoms with Gasteiger partial charge in [0, 0.05) is 0 Å². The molecule has 0 amide bonds. The summed E-state index contributed by atoms with van der Waals surface area (Å²) in [5.74, 6) is 0.112. The predicted octanol–water partition coefficient (Wildman–Crippen LogP) is -1.15. The van der Waals surface area contributed by atoms with Crippen LogP contribution in [-0.4, -0.2) is 197 Å². The molecule has 0 spiro atoms. The van der Waals surface area contributed by atoms with Gasteiger partial charge < -0.3 is 94.1 Å². The highest BCUT2D eigenvalue weighted by Crippen LogP contribution is 2.63. The molecule has 19 nitrogen and oxygen atoms in total. The molecule has 6 rings (SSSR count). The second-order valence-corrected chi connectivity index (χ2v) is 19.9. The minimum atomic E-state index is -1.79. The Hall–Kier alpha value is -1.28. The molecule has 4 aliphatic heterocycles. The van der Waals surface area contributed by atoms with E-state index in [0.717, 1.165) is 18.4 Å². The number of hydrogen-bond acceptors (Lipinski definition) is 19. The quantitative estimate of drug-likeness (QED) is 0.0769. The first-order valence-electron chi connectivity index (χ1n) is 22.4. The molecule has 0 radical (unpaired) electrons. The Morgan fingerprint density at radius 2 is 1.19 bits per heavy atom. The molecule has 0 aromatic heterocycles. The van der Waals surface area contributed by atoms with Crippen molar-refractivity contribution in [3.63, 3.8) is 0 Å². The first-order valence-corrected chi connectivity index (χ1v) is 22.4. The third kappa shape index (κ3) is 9.86. The summed E-state index contributed by atoms with van der Waals surface area (Å²) in [7, 11) is 0. The van der Waals surface area contributed by atoms with Gasteiger partial charge in [0.2, 0.25) is 0 Å².